The SMILES string of the molecule is C/C=C(/Cc1ccc2ncc(Cl)cc2c1)NC. The van der Waals surface area contributed by atoms with Crippen LogP contribution in [0, 0.1) is 0 Å². The van der Waals surface area contributed by atoms with Gasteiger partial charge in [-0.2, -0.15) is 0 Å². The second kappa shape index (κ2) is 5.19. The smallest absolute Gasteiger partial charge is 0.0703 e. The van der Waals surface area contributed by atoms with E-state index in [2.05, 4.69) is 28.5 Å². The molecule has 0 atom stereocenters. The van der Waals surface area contributed by atoms with Crippen molar-refractivity contribution in [1.29, 1.82) is 0 Å². The molecule has 17 heavy (non-hydrogen) atoms. The molecule has 0 radical (unpaired) electrons. The summed E-state index contributed by atoms with van der Waals surface area (Å²) in [5.41, 5.74) is 3.44. The van der Waals surface area contributed by atoms with E-state index in [9.17, 15) is 0 Å². The van der Waals surface area contributed by atoms with Crippen molar-refractivity contribution in [2.75, 3.05) is 7.05 Å². The van der Waals surface area contributed by atoms with Crippen molar-refractivity contribution >= 4 is 22.5 Å². The number of rotatable bonds is 3. The quantitative estimate of drug-likeness (QED) is 0.896. The molecular weight excluding hydrogens is 232 g/mol. The van der Waals surface area contributed by atoms with E-state index in [1.807, 2.05) is 26.1 Å². The fourth-order valence-electron chi connectivity index (χ4n) is 1.82. The van der Waals surface area contributed by atoms with Gasteiger partial charge in [0.25, 0.3) is 0 Å². The third-order valence-corrected chi connectivity index (χ3v) is 2.98. The molecule has 0 aliphatic carbocycles. The maximum Gasteiger partial charge on any atom is 0.0703 e. The van der Waals surface area contributed by atoms with Gasteiger partial charge in [-0.1, -0.05) is 23.7 Å². The summed E-state index contributed by atoms with van der Waals surface area (Å²) < 4.78 is 0. The fraction of sp³-hybridized carbons (Fsp3) is 0.214. The Morgan fingerprint density at radius 1 is 1.41 bits per heavy atom. The number of benzene rings is 1. The summed E-state index contributed by atoms with van der Waals surface area (Å²) in [5, 5.41) is 4.94. The summed E-state index contributed by atoms with van der Waals surface area (Å²) in [6.45, 7) is 2.03. The Balaban J connectivity index is 2.37. The molecule has 1 aromatic carbocycles. The highest BCUT2D eigenvalue weighted by molar-refractivity contribution is 6.31. The molecule has 3 heteroatoms. The number of halogens is 1. The van der Waals surface area contributed by atoms with E-state index in [0.717, 1.165) is 17.3 Å². The van der Waals surface area contributed by atoms with Crippen LogP contribution in [-0.2, 0) is 6.42 Å². The second-order valence-electron chi connectivity index (χ2n) is 3.92. The van der Waals surface area contributed by atoms with Crippen molar-refractivity contribution in [1.82, 2.24) is 10.3 Å². The van der Waals surface area contributed by atoms with E-state index in [0.29, 0.717) is 5.02 Å². The number of hydrogen-bond acceptors (Lipinski definition) is 2. The van der Waals surface area contributed by atoms with Crippen LogP contribution in [0.15, 0.2) is 42.2 Å². The van der Waals surface area contributed by atoms with Crippen molar-refractivity contribution in [2.45, 2.75) is 13.3 Å². The van der Waals surface area contributed by atoms with Crippen molar-refractivity contribution < 1.29 is 0 Å². The van der Waals surface area contributed by atoms with Gasteiger partial charge in [-0.15, -0.1) is 0 Å². The number of fused-ring (bicyclic) bond motifs is 1. The lowest BCUT2D eigenvalue weighted by Gasteiger charge is -2.07. The van der Waals surface area contributed by atoms with Crippen LogP contribution < -0.4 is 5.32 Å². The fourth-order valence-corrected chi connectivity index (χ4v) is 1.99. The standard InChI is InChI=1S/C14H15ClN2/c1-3-13(16-2)7-10-4-5-14-11(6-10)8-12(15)9-17-14/h3-6,8-9,16H,7H2,1-2H3/b13-3-. The van der Waals surface area contributed by atoms with Crippen LogP contribution in [0.1, 0.15) is 12.5 Å². The number of allylic oxidation sites excluding steroid dienone is 2. The zero-order valence-electron chi connectivity index (χ0n) is 10.00. The van der Waals surface area contributed by atoms with Crippen LogP contribution in [0.2, 0.25) is 5.02 Å². The van der Waals surface area contributed by atoms with Crippen LogP contribution in [-0.4, -0.2) is 12.0 Å². The maximum absolute atomic E-state index is 5.95. The Bertz CT molecular complexity index is 561. The molecule has 0 aliphatic rings. The molecule has 0 aliphatic heterocycles. The highest BCUT2D eigenvalue weighted by atomic mass is 35.5. The molecule has 0 fully saturated rings. The first-order valence-electron chi connectivity index (χ1n) is 5.60. The van der Waals surface area contributed by atoms with Crippen LogP contribution in [0.4, 0.5) is 0 Å². The van der Waals surface area contributed by atoms with Gasteiger partial charge in [0.1, 0.15) is 0 Å². The second-order valence-corrected chi connectivity index (χ2v) is 4.36. The number of hydrogen-bond donors (Lipinski definition) is 1. The summed E-state index contributed by atoms with van der Waals surface area (Å²) in [6, 6.07) is 8.21. The molecule has 0 unspecified atom stereocenters. The van der Waals surface area contributed by atoms with E-state index in [-0.39, 0.29) is 0 Å². The van der Waals surface area contributed by atoms with E-state index >= 15 is 0 Å². The Morgan fingerprint density at radius 2 is 2.24 bits per heavy atom. The molecule has 0 saturated heterocycles. The van der Waals surface area contributed by atoms with Crippen LogP contribution in [0.3, 0.4) is 0 Å². The normalized spacial score (nSPS) is 11.8. The van der Waals surface area contributed by atoms with Gasteiger partial charge < -0.3 is 5.32 Å². The average Bonchev–Trinajstić information content (AvgIpc) is 2.35. The molecule has 2 rings (SSSR count). The summed E-state index contributed by atoms with van der Waals surface area (Å²) in [7, 11) is 1.94. The Kier molecular flexibility index (Phi) is 3.64. The van der Waals surface area contributed by atoms with Crippen molar-refractivity contribution in [2.24, 2.45) is 0 Å². The van der Waals surface area contributed by atoms with Gasteiger partial charge in [0.15, 0.2) is 0 Å². The number of aromatic nitrogens is 1. The first-order chi connectivity index (χ1) is 8.22. The number of nitrogens with zero attached hydrogens (tertiary/aromatic N) is 1. The molecule has 0 spiro atoms. The zero-order valence-corrected chi connectivity index (χ0v) is 10.8. The van der Waals surface area contributed by atoms with Gasteiger partial charge in [-0.3, -0.25) is 4.98 Å². The van der Waals surface area contributed by atoms with Crippen LogP contribution in [0.25, 0.3) is 10.9 Å². The van der Waals surface area contributed by atoms with Gasteiger partial charge >= 0.3 is 0 Å². The highest BCUT2D eigenvalue weighted by Gasteiger charge is 2.00. The first-order valence-corrected chi connectivity index (χ1v) is 5.98. The molecule has 2 nitrogen and oxygen atoms in total. The monoisotopic (exact) mass is 246 g/mol. The Hall–Kier alpha value is -1.54. The summed E-state index contributed by atoms with van der Waals surface area (Å²) in [4.78, 5) is 4.28. The van der Waals surface area contributed by atoms with Crippen LogP contribution in [0.5, 0.6) is 0 Å². The Labute approximate surface area is 106 Å². The van der Waals surface area contributed by atoms with Crippen LogP contribution >= 0.6 is 11.6 Å². The third kappa shape index (κ3) is 2.77. The van der Waals surface area contributed by atoms with E-state index in [1.165, 1.54) is 11.3 Å². The molecule has 1 N–H and O–H groups in total. The molecule has 1 aromatic heterocycles. The molecule has 1 heterocycles. The van der Waals surface area contributed by atoms with Gasteiger partial charge in [0, 0.05) is 30.7 Å². The van der Waals surface area contributed by atoms with Crippen molar-refractivity contribution in [3.8, 4) is 0 Å². The molecular formula is C14H15ClN2. The van der Waals surface area contributed by atoms with E-state index < -0.39 is 0 Å². The van der Waals surface area contributed by atoms with Crippen molar-refractivity contribution in [3.05, 3.63) is 52.8 Å². The minimum absolute atomic E-state index is 0.675. The molecule has 0 bridgehead atoms. The molecule has 88 valence electrons. The number of likely N-dealkylation sites (N-methyl/N-ethyl adjacent to an activating group) is 1. The minimum Gasteiger partial charge on any atom is -0.391 e. The van der Waals surface area contributed by atoms with E-state index in [4.69, 9.17) is 11.6 Å². The molecule has 0 amide bonds. The average molecular weight is 247 g/mol. The number of pyridine rings is 1. The predicted octanol–water partition coefficient (Wildman–Crippen LogP) is 3.55. The topological polar surface area (TPSA) is 24.9 Å². The van der Waals surface area contributed by atoms with Gasteiger partial charge in [0.2, 0.25) is 0 Å². The minimum atomic E-state index is 0.675. The summed E-state index contributed by atoms with van der Waals surface area (Å²) in [6.07, 6.45) is 4.66. The lowest BCUT2D eigenvalue weighted by molar-refractivity contribution is 0.917. The third-order valence-electron chi connectivity index (χ3n) is 2.78. The zero-order chi connectivity index (χ0) is 12.3. The first kappa shape index (κ1) is 11.9. The van der Waals surface area contributed by atoms with Gasteiger partial charge in [-0.25, -0.2) is 0 Å². The lowest BCUT2D eigenvalue weighted by atomic mass is 10.1. The predicted molar refractivity (Wildman–Crippen MR) is 73.3 cm³/mol. The van der Waals surface area contributed by atoms with Gasteiger partial charge in [0.05, 0.1) is 10.5 Å². The highest BCUT2D eigenvalue weighted by Crippen LogP contribution is 2.19. The summed E-state index contributed by atoms with van der Waals surface area (Å²) >= 11 is 5.95. The maximum atomic E-state index is 5.95. The molecule has 0 saturated carbocycles. The van der Waals surface area contributed by atoms with Gasteiger partial charge in [-0.05, 0) is 30.7 Å². The Morgan fingerprint density at radius 3 is 2.94 bits per heavy atom. The summed E-state index contributed by atoms with van der Waals surface area (Å²) in [5.74, 6) is 0. The lowest BCUT2D eigenvalue weighted by Crippen LogP contribution is -2.08. The molecule has 2 aromatic rings. The number of nitrogens with one attached hydrogen (secondary N) is 1. The largest absolute Gasteiger partial charge is 0.391 e. The van der Waals surface area contributed by atoms with E-state index in [1.54, 1.807) is 6.20 Å². The van der Waals surface area contributed by atoms with Crippen molar-refractivity contribution in [3.63, 3.8) is 0 Å².